The number of rotatable bonds is 3. The van der Waals surface area contributed by atoms with E-state index in [0.717, 1.165) is 12.1 Å². The molecule has 1 aliphatic heterocycles. The van der Waals surface area contributed by atoms with Gasteiger partial charge in [0, 0.05) is 6.04 Å². The lowest BCUT2D eigenvalue weighted by Gasteiger charge is -2.23. The van der Waals surface area contributed by atoms with Gasteiger partial charge in [0.1, 0.15) is 5.01 Å². The molecule has 21 heavy (non-hydrogen) atoms. The highest BCUT2D eigenvalue weighted by Crippen LogP contribution is 2.34. The van der Waals surface area contributed by atoms with Crippen molar-refractivity contribution >= 4 is 21.6 Å². The van der Waals surface area contributed by atoms with Crippen LogP contribution < -0.4 is 0 Å². The van der Waals surface area contributed by atoms with Gasteiger partial charge in [-0.1, -0.05) is 42.5 Å². The molecule has 3 aromatic rings. The van der Waals surface area contributed by atoms with Crippen molar-refractivity contribution in [2.24, 2.45) is 0 Å². The number of hydrogen-bond donors (Lipinski definition) is 0. The Bertz CT molecular complexity index is 702. The molecule has 2 heterocycles. The summed E-state index contributed by atoms with van der Waals surface area (Å²) in [5.41, 5.74) is 2.57. The number of para-hydroxylation sites is 1. The zero-order valence-electron chi connectivity index (χ0n) is 11.9. The molecule has 3 heteroatoms. The van der Waals surface area contributed by atoms with Crippen molar-refractivity contribution in [3.05, 3.63) is 65.2 Å². The van der Waals surface area contributed by atoms with E-state index in [0.29, 0.717) is 6.04 Å². The molecule has 0 bridgehead atoms. The van der Waals surface area contributed by atoms with E-state index < -0.39 is 0 Å². The van der Waals surface area contributed by atoms with Gasteiger partial charge in [0.05, 0.1) is 16.8 Å². The largest absolute Gasteiger partial charge is 0.290 e. The molecule has 0 saturated carbocycles. The Morgan fingerprint density at radius 1 is 1.05 bits per heavy atom. The van der Waals surface area contributed by atoms with E-state index >= 15 is 0 Å². The SMILES string of the molecule is c1ccc(C2CCCN2Cc2nc3ccccc3s2)cc1. The molecule has 1 aliphatic rings. The van der Waals surface area contributed by atoms with Gasteiger partial charge >= 0.3 is 0 Å². The summed E-state index contributed by atoms with van der Waals surface area (Å²) in [6.07, 6.45) is 2.54. The van der Waals surface area contributed by atoms with Gasteiger partial charge in [0.25, 0.3) is 0 Å². The third kappa shape index (κ3) is 2.59. The van der Waals surface area contributed by atoms with Crippen LogP contribution in [0.25, 0.3) is 10.2 Å². The average molecular weight is 294 g/mol. The summed E-state index contributed by atoms with van der Waals surface area (Å²) in [4.78, 5) is 7.36. The second-order valence-corrected chi connectivity index (χ2v) is 6.73. The molecule has 1 atom stereocenters. The first-order chi connectivity index (χ1) is 10.4. The predicted molar refractivity (Wildman–Crippen MR) is 88.4 cm³/mol. The summed E-state index contributed by atoms with van der Waals surface area (Å²) < 4.78 is 1.29. The van der Waals surface area contributed by atoms with Gasteiger partial charge in [-0.15, -0.1) is 11.3 Å². The molecule has 2 aromatic carbocycles. The van der Waals surface area contributed by atoms with Crippen LogP contribution >= 0.6 is 11.3 Å². The molecule has 0 amide bonds. The maximum Gasteiger partial charge on any atom is 0.108 e. The maximum absolute atomic E-state index is 4.78. The van der Waals surface area contributed by atoms with Crippen molar-refractivity contribution < 1.29 is 0 Å². The normalized spacial score (nSPS) is 19.3. The van der Waals surface area contributed by atoms with Crippen LogP contribution in [0.5, 0.6) is 0 Å². The lowest BCUT2D eigenvalue weighted by Crippen LogP contribution is -2.22. The minimum Gasteiger partial charge on any atom is -0.290 e. The molecule has 0 radical (unpaired) electrons. The van der Waals surface area contributed by atoms with E-state index in [9.17, 15) is 0 Å². The molecular weight excluding hydrogens is 276 g/mol. The van der Waals surface area contributed by atoms with E-state index in [2.05, 4.69) is 59.5 Å². The van der Waals surface area contributed by atoms with Crippen molar-refractivity contribution in [1.29, 1.82) is 0 Å². The average Bonchev–Trinajstić information content (AvgIpc) is 3.14. The molecule has 0 N–H and O–H groups in total. The summed E-state index contributed by atoms with van der Waals surface area (Å²) in [5.74, 6) is 0. The van der Waals surface area contributed by atoms with Gasteiger partial charge in [-0.05, 0) is 37.1 Å². The van der Waals surface area contributed by atoms with E-state index in [1.807, 2.05) is 11.3 Å². The monoisotopic (exact) mass is 294 g/mol. The summed E-state index contributed by atoms with van der Waals surface area (Å²) in [6.45, 7) is 2.15. The van der Waals surface area contributed by atoms with Crippen LogP contribution in [0.1, 0.15) is 29.5 Å². The molecule has 1 saturated heterocycles. The topological polar surface area (TPSA) is 16.1 Å². The zero-order chi connectivity index (χ0) is 14.1. The Morgan fingerprint density at radius 2 is 1.86 bits per heavy atom. The standard InChI is InChI=1S/C18H18N2S/c1-2-7-14(8-3-1)16-10-6-12-20(16)13-18-19-15-9-4-5-11-17(15)21-18/h1-5,7-9,11,16H,6,10,12-13H2. The van der Waals surface area contributed by atoms with E-state index in [4.69, 9.17) is 4.98 Å². The Balaban J connectivity index is 1.58. The van der Waals surface area contributed by atoms with Crippen molar-refractivity contribution in [2.75, 3.05) is 6.54 Å². The smallest absolute Gasteiger partial charge is 0.108 e. The van der Waals surface area contributed by atoms with Crippen LogP contribution in [0.2, 0.25) is 0 Å². The molecule has 1 unspecified atom stereocenters. The first-order valence-electron chi connectivity index (χ1n) is 7.53. The molecule has 0 spiro atoms. The second kappa shape index (κ2) is 5.58. The van der Waals surface area contributed by atoms with Crippen molar-refractivity contribution in [3.8, 4) is 0 Å². The molecule has 2 nitrogen and oxygen atoms in total. The first kappa shape index (κ1) is 13.0. The van der Waals surface area contributed by atoms with Gasteiger partial charge in [-0.3, -0.25) is 4.90 Å². The number of thiazole rings is 1. The Hall–Kier alpha value is -1.71. The van der Waals surface area contributed by atoms with Crippen molar-refractivity contribution in [1.82, 2.24) is 9.88 Å². The number of likely N-dealkylation sites (tertiary alicyclic amines) is 1. The van der Waals surface area contributed by atoms with Crippen molar-refractivity contribution in [2.45, 2.75) is 25.4 Å². The summed E-state index contributed by atoms with van der Waals surface area (Å²) >= 11 is 1.83. The number of nitrogens with zero attached hydrogens (tertiary/aromatic N) is 2. The van der Waals surface area contributed by atoms with Gasteiger partial charge in [-0.25, -0.2) is 4.98 Å². The number of hydrogen-bond acceptors (Lipinski definition) is 3. The second-order valence-electron chi connectivity index (χ2n) is 5.61. The zero-order valence-corrected chi connectivity index (χ0v) is 12.7. The van der Waals surface area contributed by atoms with Crippen LogP contribution in [0.4, 0.5) is 0 Å². The minimum atomic E-state index is 0.554. The van der Waals surface area contributed by atoms with Crippen LogP contribution in [0, 0.1) is 0 Å². The molecule has 1 fully saturated rings. The van der Waals surface area contributed by atoms with Gasteiger partial charge in [0.2, 0.25) is 0 Å². The minimum absolute atomic E-state index is 0.554. The molecule has 0 aliphatic carbocycles. The fourth-order valence-corrected chi connectivity index (χ4v) is 4.22. The van der Waals surface area contributed by atoms with Crippen LogP contribution in [-0.4, -0.2) is 16.4 Å². The van der Waals surface area contributed by atoms with Gasteiger partial charge < -0.3 is 0 Å². The predicted octanol–water partition coefficient (Wildman–Crippen LogP) is 4.63. The Labute approximate surface area is 129 Å². The van der Waals surface area contributed by atoms with Crippen LogP contribution in [0.3, 0.4) is 0 Å². The van der Waals surface area contributed by atoms with Crippen LogP contribution in [-0.2, 0) is 6.54 Å². The fourth-order valence-electron chi connectivity index (χ4n) is 3.23. The Morgan fingerprint density at radius 3 is 2.71 bits per heavy atom. The van der Waals surface area contributed by atoms with Crippen LogP contribution in [0.15, 0.2) is 54.6 Å². The summed E-state index contributed by atoms with van der Waals surface area (Å²) in [7, 11) is 0. The van der Waals surface area contributed by atoms with Gasteiger partial charge in [0.15, 0.2) is 0 Å². The lowest BCUT2D eigenvalue weighted by molar-refractivity contribution is 0.248. The van der Waals surface area contributed by atoms with E-state index in [1.54, 1.807) is 0 Å². The van der Waals surface area contributed by atoms with E-state index in [1.165, 1.54) is 34.7 Å². The highest BCUT2D eigenvalue weighted by Gasteiger charge is 2.26. The molecule has 4 rings (SSSR count). The quantitative estimate of drug-likeness (QED) is 0.700. The summed E-state index contributed by atoms with van der Waals surface area (Å²) in [5, 5.41) is 1.24. The van der Waals surface area contributed by atoms with Crippen molar-refractivity contribution in [3.63, 3.8) is 0 Å². The molecule has 106 valence electrons. The first-order valence-corrected chi connectivity index (χ1v) is 8.35. The lowest BCUT2D eigenvalue weighted by atomic mass is 10.0. The number of benzene rings is 2. The molecule has 1 aromatic heterocycles. The van der Waals surface area contributed by atoms with Gasteiger partial charge in [-0.2, -0.15) is 0 Å². The fraction of sp³-hybridized carbons (Fsp3) is 0.278. The number of aromatic nitrogens is 1. The Kier molecular flexibility index (Phi) is 3.45. The maximum atomic E-state index is 4.78. The highest BCUT2D eigenvalue weighted by atomic mass is 32.1. The third-order valence-electron chi connectivity index (χ3n) is 4.22. The van der Waals surface area contributed by atoms with E-state index in [-0.39, 0.29) is 0 Å². The highest BCUT2D eigenvalue weighted by molar-refractivity contribution is 7.18. The molecular formula is C18H18N2S. The number of fused-ring (bicyclic) bond motifs is 1. The third-order valence-corrected chi connectivity index (χ3v) is 5.25. The summed E-state index contributed by atoms with van der Waals surface area (Å²) in [6, 6.07) is 19.9.